The molecule has 3 aliphatic rings. The van der Waals surface area contributed by atoms with Gasteiger partial charge in [-0.3, -0.25) is 4.90 Å². The molecule has 0 unspecified atom stereocenters. The van der Waals surface area contributed by atoms with Crippen molar-refractivity contribution in [2.45, 2.75) is 123 Å². The molecule has 6 rings (SSSR count). The number of nitrogens with two attached hydrogens (primary N) is 1. The molecule has 2 N–H and O–H groups in total. The van der Waals surface area contributed by atoms with Gasteiger partial charge in [-0.05, 0) is 98.7 Å². The molecule has 50 heavy (non-hydrogen) atoms. The summed E-state index contributed by atoms with van der Waals surface area (Å²) in [5, 5.41) is 15.3. The number of hydrogen-bond donors (Lipinski definition) is 1. The molecule has 5 heterocycles. The summed E-state index contributed by atoms with van der Waals surface area (Å²) in [4.78, 5) is 30.6. The summed E-state index contributed by atoms with van der Waals surface area (Å²) in [6, 6.07) is 4.47. The zero-order valence-electron chi connectivity index (χ0n) is 30.6. The molecule has 3 aromatic heterocycles. The van der Waals surface area contributed by atoms with Gasteiger partial charge in [-0.25, -0.2) is 9.78 Å². The molecule has 2 fully saturated rings. The van der Waals surface area contributed by atoms with Gasteiger partial charge in [-0.15, -0.1) is 11.3 Å². The predicted octanol–water partition coefficient (Wildman–Crippen LogP) is 6.76. The van der Waals surface area contributed by atoms with Gasteiger partial charge in [0, 0.05) is 54.1 Å². The number of likely N-dealkylation sites (N-methyl/N-ethyl adjacent to an activating group) is 1. The van der Waals surface area contributed by atoms with Crippen LogP contribution in [-0.2, 0) is 17.6 Å². The van der Waals surface area contributed by atoms with Crippen molar-refractivity contribution in [3.05, 3.63) is 33.4 Å². The van der Waals surface area contributed by atoms with Gasteiger partial charge in [0.2, 0.25) is 5.88 Å². The average Bonchev–Trinajstić information content (AvgIpc) is 3.78. The van der Waals surface area contributed by atoms with E-state index in [4.69, 9.17) is 29.7 Å². The van der Waals surface area contributed by atoms with Crippen molar-refractivity contribution in [2.75, 3.05) is 43.9 Å². The number of aromatic nitrogens is 3. The van der Waals surface area contributed by atoms with Gasteiger partial charge in [0.15, 0.2) is 11.5 Å². The Bertz CT molecular complexity index is 1720. The number of ether oxygens (including phenoxy) is 2. The Morgan fingerprint density at radius 3 is 2.70 bits per heavy atom. The number of nitrogen functional groups attached to an aromatic ring is 1. The zero-order valence-corrected chi connectivity index (χ0v) is 31.4. The normalized spacial score (nSPS) is 21.9. The van der Waals surface area contributed by atoms with Crippen molar-refractivity contribution in [3.63, 3.8) is 0 Å². The van der Waals surface area contributed by atoms with E-state index in [0.717, 1.165) is 85.5 Å². The van der Waals surface area contributed by atoms with Crippen molar-refractivity contribution in [1.29, 1.82) is 5.26 Å². The molecule has 13 heteroatoms. The fourth-order valence-corrected chi connectivity index (χ4v) is 8.84. The van der Waals surface area contributed by atoms with Gasteiger partial charge in [0.05, 0.1) is 5.56 Å². The van der Waals surface area contributed by atoms with E-state index < -0.39 is 5.60 Å². The number of carbonyl (C=O) groups is 1. The van der Waals surface area contributed by atoms with Crippen LogP contribution in [0.3, 0.4) is 0 Å². The Kier molecular flexibility index (Phi) is 10.6. The molecule has 3 aromatic rings. The monoisotopic (exact) mass is 704 g/mol. The largest absolute Gasteiger partial charge is 0.473 e. The van der Waals surface area contributed by atoms with Crippen molar-refractivity contribution in [3.8, 4) is 23.5 Å². The molecule has 1 amide bonds. The Morgan fingerprint density at radius 1 is 1.22 bits per heavy atom. The van der Waals surface area contributed by atoms with Crippen LogP contribution >= 0.6 is 11.3 Å². The highest BCUT2D eigenvalue weighted by Crippen LogP contribution is 2.47. The summed E-state index contributed by atoms with van der Waals surface area (Å²) < 4.78 is 18.6. The SMILES string of the molecule is CCCCc1c(-c2nc(O[C@@H](C)[C@@H]3CCCN3C)cc(N3CCN(C(=O)OC(C)(C)C)[C@@H](C)C3)n2)noc1[C@H]1CCCc2sc(N)c(C#N)c21. The number of carbonyl (C=O) groups excluding carboxylic acids is 1. The molecule has 4 atom stereocenters. The number of nitrogens with zero attached hydrogens (tertiary/aromatic N) is 7. The van der Waals surface area contributed by atoms with Crippen LogP contribution in [-0.4, -0.2) is 88.0 Å². The second-order valence-electron chi connectivity index (χ2n) is 15.1. The van der Waals surface area contributed by atoms with Crippen LogP contribution in [0.1, 0.15) is 113 Å². The quantitative estimate of drug-likeness (QED) is 0.252. The molecule has 0 aromatic carbocycles. The van der Waals surface area contributed by atoms with Gasteiger partial charge in [-0.2, -0.15) is 10.2 Å². The number of aryl methyl sites for hydroxylation is 1. The first-order valence-corrected chi connectivity index (χ1v) is 19.0. The van der Waals surface area contributed by atoms with Crippen molar-refractivity contribution < 1.29 is 18.8 Å². The summed E-state index contributed by atoms with van der Waals surface area (Å²) in [5.41, 5.74) is 8.91. The molecule has 0 saturated carbocycles. The maximum absolute atomic E-state index is 13.0. The van der Waals surface area contributed by atoms with Gasteiger partial charge in [0.25, 0.3) is 0 Å². The number of piperazine rings is 1. The average molecular weight is 705 g/mol. The van der Waals surface area contributed by atoms with Crippen molar-refractivity contribution in [1.82, 2.24) is 24.9 Å². The molecule has 0 bridgehead atoms. The Hall–Kier alpha value is -3.89. The third kappa shape index (κ3) is 7.42. The molecule has 12 nitrogen and oxygen atoms in total. The third-order valence-corrected chi connectivity index (χ3v) is 11.3. The van der Waals surface area contributed by atoms with E-state index in [0.29, 0.717) is 53.6 Å². The van der Waals surface area contributed by atoms with Crippen LogP contribution in [0.15, 0.2) is 10.6 Å². The number of amides is 1. The first-order chi connectivity index (χ1) is 23.9. The minimum atomic E-state index is -0.566. The Morgan fingerprint density at radius 2 is 2.02 bits per heavy atom. The Labute approximate surface area is 299 Å². The van der Waals surface area contributed by atoms with Crippen LogP contribution in [0, 0.1) is 11.3 Å². The second-order valence-corrected chi connectivity index (χ2v) is 16.2. The molecule has 2 aliphatic heterocycles. The van der Waals surface area contributed by atoms with Gasteiger partial charge in [0.1, 0.15) is 34.4 Å². The van der Waals surface area contributed by atoms with E-state index in [9.17, 15) is 10.1 Å². The van der Waals surface area contributed by atoms with Gasteiger partial charge < -0.3 is 29.5 Å². The van der Waals surface area contributed by atoms with E-state index in [-0.39, 0.29) is 24.2 Å². The van der Waals surface area contributed by atoms with Gasteiger partial charge >= 0.3 is 6.09 Å². The lowest BCUT2D eigenvalue weighted by molar-refractivity contribution is 0.0158. The zero-order chi connectivity index (χ0) is 35.7. The minimum absolute atomic E-state index is 0.0809. The maximum atomic E-state index is 13.0. The number of likely N-dealkylation sites (tertiary alicyclic amines) is 1. The van der Waals surface area contributed by atoms with Crippen LogP contribution in [0.2, 0.25) is 0 Å². The van der Waals surface area contributed by atoms with E-state index in [1.165, 1.54) is 11.3 Å². The topological polar surface area (TPSA) is 147 Å². The van der Waals surface area contributed by atoms with Crippen LogP contribution in [0.5, 0.6) is 5.88 Å². The van der Waals surface area contributed by atoms with Crippen LogP contribution in [0.25, 0.3) is 11.5 Å². The fourth-order valence-electron chi connectivity index (χ4n) is 7.72. The van der Waals surface area contributed by atoms with E-state index in [2.05, 4.69) is 41.9 Å². The number of unbranched alkanes of at least 4 members (excludes halogenated alkanes) is 1. The van der Waals surface area contributed by atoms with Crippen molar-refractivity contribution in [2.24, 2.45) is 0 Å². The van der Waals surface area contributed by atoms with E-state index in [1.807, 2.05) is 33.8 Å². The van der Waals surface area contributed by atoms with Crippen molar-refractivity contribution >= 4 is 28.2 Å². The summed E-state index contributed by atoms with van der Waals surface area (Å²) in [7, 11) is 2.15. The molecule has 0 spiro atoms. The smallest absolute Gasteiger partial charge is 0.410 e. The third-order valence-electron chi connectivity index (χ3n) is 10.2. The molecule has 0 radical (unpaired) electrons. The standard InChI is InChI=1S/C37H52N8O4S/c1-8-9-12-25-32(42-49-33(25)24-13-10-15-28-31(24)26(20-38)34(39)50-28)35-40-29(19-30(41-35)47-23(3)27-14-11-16-43(27)7)44-17-18-45(22(2)21-44)36(46)48-37(4,5)6/h19,22-24,27H,8-18,21,39H2,1-7H3/t22-,23-,24-,27-/m0/s1. The van der Waals surface area contributed by atoms with E-state index in [1.54, 1.807) is 4.90 Å². The minimum Gasteiger partial charge on any atom is -0.473 e. The van der Waals surface area contributed by atoms with Crippen LogP contribution < -0.4 is 15.4 Å². The number of fused-ring (bicyclic) bond motifs is 1. The summed E-state index contributed by atoms with van der Waals surface area (Å²) in [6.45, 7) is 14.7. The van der Waals surface area contributed by atoms with E-state index >= 15 is 0 Å². The lowest BCUT2D eigenvalue weighted by atomic mass is 9.81. The lowest BCUT2D eigenvalue weighted by Crippen LogP contribution is -2.55. The Balaban J connectivity index is 1.38. The molecular weight excluding hydrogens is 653 g/mol. The first kappa shape index (κ1) is 35.9. The number of nitriles is 1. The van der Waals surface area contributed by atoms with Crippen LogP contribution in [0.4, 0.5) is 15.6 Å². The summed E-state index contributed by atoms with van der Waals surface area (Å²) >= 11 is 1.52. The summed E-state index contributed by atoms with van der Waals surface area (Å²) in [6.07, 6.45) is 7.26. The number of rotatable bonds is 9. The molecule has 1 aliphatic carbocycles. The lowest BCUT2D eigenvalue weighted by Gasteiger charge is -2.40. The number of anilines is 2. The highest BCUT2D eigenvalue weighted by molar-refractivity contribution is 7.16. The first-order valence-electron chi connectivity index (χ1n) is 18.2. The predicted molar refractivity (Wildman–Crippen MR) is 195 cm³/mol. The molecule has 270 valence electrons. The highest BCUT2D eigenvalue weighted by atomic mass is 32.1. The fraction of sp³-hybridized carbons (Fsp3) is 0.649. The van der Waals surface area contributed by atoms with Gasteiger partial charge in [-0.1, -0.05) is 18.5 Å². The number of hydrogen-bond acceptors (Lipinski definition) is 12. The second kappa shape index (κ2) is 14.8. The number of thiophene rings is 1. The summed E-state index contributed by atoms with van der Waals surface area (Å²) in [5.74, 6) is 2.34. The molecule has 2 saturated heterocycles. The highest BCUT2D eigenvalue weighted by Gasteiger charge is 2.36. The molecular formula is C37H52N8O4S. The maximum Gasteiger partial charge on any atom is 0.410 e.